The minimum Gasteiger partial charge on any atom is -0.481 e. The van der Waals surface area contributed by atoms with Gasteiger partial charge in [-0.05, 0) is 11.1 Å². The van der Waals surface area contributed by atoms with Crippen LogP contribution in [0.2, 0.25) is 0 Å². The van der Waals surface area contributed by atoms with E-state index in [-0.39, 0.29) is 6.42 Å². The van der Waals surface area contributed by atoms with Gasteiger partial charge in [-0.15, -0.1) is 0 Å². The van der Waals surface area contributed by atoms with Crippen LogP contribution in [0.25, 0.3) is 0 Å². The molecule has 1 heterocycles. The van der Waals surface area contributed by atoms with Gasteiger partial charge in [0.15, 0.2) is 0 Å². The number of aromatic nitrogens is 2. The third-order valence-electron chi connectivity index (χ3n) is 2.45. The van der Waals surface area contributed by atoms with Crippen molar-refractivity contribution in [2.24, 2.45) is 0 Å². The summed E-state index contributed by atoms with van der Waals surface area (Å²) in [6.45, 7) is 0.528. The highest BCUT2D eigenvalue weighted by Gasteiger charge is 2.07. The lowest BCUT2D eigenvalue weighted by molar-refractivity contribution is -0.136. The van der Waals surface area contributed by atoms with Crippen LogP contribution >= 0.6 is 0 Å². The number of hydrogen-bond donors (Lipinski definition) is 2. The highest BCUT2D eigenvalue weighted by atomic mass is 16.4. The first-order valence-electron chi connectivity index (χ1n) is 5.21. The Morgan fingerprint density at radius 2 is 2.06 bits per heavy atom. The fourth-order valence-corrected chi connectivity index (χ4v) is 1.69. The summed E-state index contributed by atoms with van der Waals surface area (Å²) < 4.78 is 1.69. The summed E-state index contributed by atoms with van der Waals surface area (Å²) in [6, 6.07) is 7.43. The normalized spacial score (nSPS) is 10.4. The van der Waals surface area contributed by atoms with Gasteiger partial charge in [0.05, 0.1) is 24.8 Å². The largest absolute Gasteiger partial charge is 0.481 e. The number of carboxylic acid groups (broad SMARTS) is 1. The van der Waals surface area contributed by atoms with Crippen LogP contribution in [-0.4, -0.2) is 20.9 Å². The van der Waals surface area contributed by atoms with E-state index in [1.54, 1.807) is 17.1 Å². The molecule has 17 heavy (non-hydrogen) atoms. The topological polar surface area (TPSA) is 81.1 Å². The molecule has 0 saturated heterocycles. The second-order valence-corrected chi connectivity index (χ2v) is 3.81. The van der Waals surface area contributed by atoms with Crippen LogP contribution in [0.15, 0.2) is 36.7 Å². The van der Waals surface area contributed by atoms with E-state index < -0.39 is 5.97 Å². The predicted molar refractivity (Wildman–Crippen MR) is 63.5 cm³/mol. The Morgan fingerprint density at radius 1 is 1.35 bits per heavy atom. The van der Waals surface area contributed by atoms with E-state index in [1.807, 2.05) is 24.3 Å². The van der Waals surface area contributed by atoms with Crippen molar-refractivity contribution in [3.05, 3.63) is 47.8 Å². The highest BCUT2D eigenvalue weighted by Crippen LogP contribution is 2.12. The lowest BCUT2D eigenvalue weighted by Crippen LogP contribution is -2.07. The van der Waals surface area contributed by atoms with Crippen LogP contribution < -0.4 is 5.73 Å². The smallest absolute Gasteiger partial charge is 0.307 e. The Balaban J connectivity index is 2.23. The molecule has 0 radical (unpaired) electrons. The van der Waals surface area contributed by atoms with Gasteiger partial charge in [0.2, 0.25) is 0 Å². The number of aliphatic carboxylic acids is 1. The Bertz CT molecular complexity index is 534. The molecule has 1 aromatic heterocycles. The van der Waals surface area contributed by atoms with Crippen LogP contribution in [0, 0.1) is 0 Å². The molecule has 2 aromatic rings. The predicted octanol–water partition coefficient (Wildman–Crippen LogP) is 1.14. The summed E-state index contributed by atoms with van der Waals surface area (Å²) in [6.07, 6.45) is 3.31. The van der Waals surface area contributed by atoms with Gasteiger partial charge in [-0.3, -0.25) is 9.48 Å². The van der Waals surface area contributed by atoms with E-state index >= 15 is 0 Å². The zero-order chi connectivity index (χ0) is 12.3. The van der Waals surface area contributed by atoms with Gasteiger partial charge in [0.25, 0.3) is 0 Å². The van der Waals surface area contributed by atoms with Gasteiger partial charge in [-0.25, -0.2) is 0 Å². The van der Waals surface area contributed by atoms with E-state index in [0.717, 1.165) is 11.1 Å². The Hall–Kier alpha value is -2.30. The van der Waals surface area contributed by atoms with Gasteiger partial charge in [0.1, 0.15) is 0 Å². The zero-order valence-corrected chi connectivity index (χ0v) is 9.21. The Kier molecular flexibility index (Phi) is 3.09. The first-order valence-corrected chi connectivity index (χ1v) is 5.21. The van der Waals surface area contributed by atoms with E-state index in [0.29, 0.717) is 12.2 Å². The molecular weight excluding hydrogens is 218 g/mol. The molecule has 0 bridgehead atoms. The average molecular weight is 231 g/mol. The monoisotopic (exact) mass is 231 g/mol. The number of anilines is 1. The van der Waals surface area contributed by atoms with Crippen LogP contribution in [0.4, 0.5) is 5.69 Å². The molecular formula is C12H13N3O2. The van der Waals surface area contributed by atoms with Crippen molar-refractivity contribution >= 4 is 11.7 Å². The summed E-state index contributed by atoms with van der Waals surface area (Å²) in [7, 11) is 0. The molecule has 0 aliphatic heterocycles. The van der Waals surface area contributed by atoms with E-state index in [9.17, 15) is 4.79 Å². The Morgan fingerprint density at radius 3 is 2.65 bits per heavy atom. The van der Waals surface area contributed by atoms with Crippen molar-refractivity contribution in [2.75, 3.05) is 5.73 Å². The van der Waals surface area contributed by atoms with Gasteiger partial charge >= 0.3 is 5.97 Å². The number of nitrogen functional groups attached to an aromatic ring is 1. The number of rotatable bonds is 4. The summed E-state index contributed by atoms with van der Waals surface area (Å²) >= 11 is 0. The van der Waals surface area contributed by atoms with E-state index in [1.165, 1.54) is 0 Å². The molecule has 5 nitrogen and oxygen atoms in total. The van der Waals surface area contributed by atoms with Gasteiger partial charge < -0.3 is 10.8 Å². The number of carbonyl (C=O) groups is 1. The Labute approximate surface area is 98.5 Å². The summed E-state index contributed by atoms with van der Waals surface area (Å²) in [4.78, 5) is 10.7. The van der Waals surface area contributed by atoms with Crippen molar-refractivity contribution < 1.29 is 9.90 Å². The molecule has 0 fully saturated rings. The maximum atomic E-state index is 10.7. The molecule has 1 aromatic carbocycles. The van der Waals surface area contributed by atoms with Gasteiger partial charge in [0, 0.05) is 6.20 Å². The van der Waals surface area contributed by atoms with Crippen molar-refractivity contribution in [1.82, 2.24) is 9.78 Å². The SMILES string of the molecule is Nc1cnn(Cc2ccccc2CC(=O)O)c1. The molecule has 0 atom stereocenters. The van der Waals surface area contributed by atoms with Crippen LogP contribution in [-0.2, 0) is 17.8 Å². The number of nitrogens with zero attached hydrogens (tertiary/aromatic N) is 2. The molecule has 0 amide bonds. The summed E-state index contributed by atoms with van der Waals surface area (Å²) in [5.74, 6) is -0.836. The fraction of sp³-hybridized carbons (Fsp3) is 0.167. The van der Waals surface area contributed by atoms with Crippen molar-refractivity contribution in [3.8, 4) is 0 Å². The second-order valence-electron chi connectivity index (χ2n) is 3.81. The number of hydrogen-bond acceptors (Lipinski definition) is 3. The molecule has 0 saturated carbocycles. The molecule has 0 spiro atoms. The molecule has 0 aliphatic rings. The highest BCUT2D eigenvalue weighted by molar-refractivity contribution is 5.70. The van der Waals surface area contributed by atoms with Gasteiger partial charge in [-0.1, -0.05) is 24.3 Å². The first kappa shape index (κ1) is 11.2. The third-order valence-corrected chi connectivity index (χ3v) is 2.45. The quantitative estimate of drug-likeness (QED) is 0.826. The van der Waals surface area contributed by atoms with Crippen molar-refractivity contribution in [3.63, 3.8) is 0 Å². The zero-order valence-electron chi connectivity index (χ0n) is 9.21. The van der Waals surface area contributed by atoms with E-state index in [2.05, 4.69) is 5.10 Å². The molecule has 5 heteroatoms. The maximum Gasteiger partial charge on any atom is 0.307 e. The van der Waals surface area contributed by atoms with Crippen molar-refractivity contribution in [2.45, 2.75) is 13.0 Å². The average Bonchev–Trinajstić information content (AvgIpc) is 2.66. The fourth-order valence-electron chi connectivity index (χ4n) is 1.69. The third kappa shape index (κ3) is 2.84. The van der Waals surface area contributed by atoms with E-state index in [4.69, 9.17) is 10.8 Å². The molecule has 2 rings (SSSR count). The number of benzene rings is 1. The van der Waals surface area contributed by atoms with Crippen LogP contribution in [0.5, 0.6) is 0 Å². The summed E-state index contributed by atoms with van der Waals surface area (Å²) in [5.41, 5.74) is 7.91. The minimum atomic E-state index is -0.836. The van der Waals surface area contributed by atoms with Crippen molar-refractivity contribution in [1.29, 1.82) is 0 Å². The second kappa shape index (κ2) is 4.69. The number of nitrogens with two attached hydrogens (primary N) is 1. The van der Waals surface area contributed by atoms with Crippen LogP contribution in [0.3, 0.4) is 0 Å². The first-order chi connectivity index (χ1) is 8.15. The molecule has 0 aliphatic carbocycles. The molecule has 0 unspecified atom stereocenters. The lowest BCUT2D eigenvalue weighted by atomic mass is 10.0. The van der Waals surface area contributed by atoms with Gasteiger partial charge in [-0.2, -0.15) is 5.10 Å². The minimum absolute atomic E-state index is 0.0208. The summed E-state index contributed by atoms with van der Waals surface area (Å²) in [5, 5.41) is 12.9. The van der Waals surface area contributed by atoms with Crippen LogP contribution in [0.1, 0.15) is 11.1 Å². The lowest BCUT2D eigenvalue weighted by Gasteiger charge is -2.07. The maximum absolute atomic E-state index is 10.7. The molecule has 88 valence electrons. The standard InChI is InChI=1S/C12H13N3O2/c13-11-6-14-15(8-11)7-10-4-2-1-3-9(10)5-12(16)17/h1-4,6,8H,5,7,13H2,(H,16,17). The number of carboxylic acids is 1. The molecule has 3 N–H and O–H groups in total.